The molecular weight excluding hydrogens is 310 g/mol. The number of fused-ring (bicyclic) bond motifs is 1. The zero-order chi connectivity index (χ0) is 15.6. The minimum absolute atomic E-state index is 0.276. The number of hydrogen-bond donors (Lipinski definition) is 1. The molecular formula is C17H21N3O2S. The number of hydrazone groups is 1. The first-order chi connectivity index (χ1) is 11.3. The van der Waals surface area contributed by atoms with Gasteiger partial charge in [-0.1, -0.05) is 25.0 Å². The van der Waals surface area contributed by atoms with E-state index in [0.717, 1.165) is 35.7 Å². The first-order valence-corrected chi connectivity index (χ1v) is 9.33. The Balaban J connectivity index is 1.43. The third kappa shape index (κ3) is 3.17. The van der Waals surface area contributed by atoms with Crippen LogP contribution in [-0.2, 0) is 5.75 Å². The van der Waals surface area contributed by atoms with E-state index in [1.807, 2.05) is 36.0 Å². The van der Waals surface area contributed by atoms with Crippen LogP contribution in [0.3, 0.4) is 0 Å². The van der Waals surface area contributed by atoms with Gasteiger partial charge in [-0.2, -0.15) is 0 Å². The molecule has 2 aromatic rings. The van der Waals surface area contributed by atoms with E-state index in [1.165, 1.54) is 19.3 Å². The average Bonchev–Trinajstić information content (AvgIpc) is 3.19. The fourth-order valence-corrected chi connectivity index (χ4v) is 4.79. The minimum Gasteiger partial charge on any atom is -0.495 e. The van der Waals surface area contributed by atoms with E-state index < -0.39 is 0 Å². The Labute approximate surface area is 139 Å². The standard InChI is InChI=1S/C17H21N3O2S/c21-16-9-10-20(19-16)13-6-2-4-8-15(13)23-11-17-18-12-5-1-3-7-14(12)22-17/h1,3,5,7,13,15H,2,4,6,8-11H2,(H,19,21). The van der Waals surface area contributed by atoms with Crippen molar-refractivity contribution in [3.8, 4) is 0 Å². The van der Waals surface area contributed by atoms with Crippen LogP contribution in [-0.4, -0.2) is 38.8 Å². The maximum Gasteiger partial charge on any atom is 0.205 e. The third-order valence-electron chi connectivity index (χ3n) is 4.62. The highest BCUT2D eigenvalue weighted by Crippen LogP contribution is 2.35. The van der Waals surface area contributed by atoms with Crippen molar-refractivity contribution in [2.45, 2.75) is 49.1 Å². The molecule has 2 heterocycles. The normalized spacial score (nSPS) is 25.0. The summed E-state index contributed by atoms with van der Waals surface area (Å²) in [4.78, 5) is 4.56. The second-order valence-corrected chi connectivity index (χ2v) is 7.43. The van der Waals surface area contributed by atoms with Gasteiger partial charge in [0.25, 0.3) is 0 Å². The summed E-state index contributed by atoms with van der Waals surface area (Å²) in [6.07, 6.45) is 5.55. The van der Waals surface area contributed by atoms with Gasteiger partial charge in [0.2, 0.25) is 11.8 Å². The number of aliphatic hydroxyl groups is 1. The highest BCUT2D eigenvalue weighted by molar-refractivity contribution is 7.99. The summed E-state index contributed by atoms with van der Waals surface area (Å²) >= 11 is 1.91. The lowest BCUT2D eigenvalue weighted by molar-refractivity contribution is 0.184. The van der Waals surface area contributed by atoms with Crippen LogP contribution in [0, 0.1) is 0 Å². The molecule has 6 heteroatoms. The number of rotatable bonds is 4. The van der Waals surface area contributed by atoms with Crippen LogP contribution in [0.5, 0.6) is 0 Å². The van der Waals surface area contributed by atoms with Crippen molar-refractivity contribution < 1.29 is 9.52 Å². The number of para-hydroxylation sites is 2. The average molecular weight is 331 g/mol. The Hall–Kier alpha value is -1.69. The van der Waals surface area contributed by atoms with Gasteiger partial charge in [0, 0.05) is 18.2 Å². The molecule has 2 unspecified atom stereocenters. The van der Waals surface area contributed by atoms with E-state index >= 15 is 0 Å². The Morgan fingerprint density at radius 1 is 1.26 bits per heavy atom. The van der Waals surface area contributed by atoms with Crippen molar-refractivity contribution in [1.82, 2.24) is 9.99 Å². The zero-order valence-electron chi connectivity index (χ0n) is 13.0. The molecule has 1 aromatic carbocycles. The van der Waals surface area contributed by atoms with E-state index in [2.05, 4.69) is 15.1 Å². The minimum atomic E-state index is 0.276. The summed E-state index contributed by atoms with van der Waals surface area (Å²) < 4.78 is 5.82. The summed E-state index contributed by atoms with van der Waals surface area (Å²) in [6, 6.07) is 8.32. The van der Waals surface area contributed by atoms with E-state index in [1.54, 1.807) is 0 Å². The molecule has 5 nitrogen and oxygen atoms in total. The number of aliphatic hydroxyl groups excluding tert-OH is 1. The summed E-state index contributed by atoms with van der Waals surface area (Å²) in [5.74, 6) is 1.87. The van der Waals surface area contributed by atoms with Gasteiger partial charge in [-0.15, -0.1) is 16.9 Å². The number of thioether (sulfide) groups is 1. The molecule has 1 aromatic heterocycles. The van der Waals surface area contributed by atoms with Crippen molar-refractivity contribution in [1.29, 1.82) is 0 Å². The van der Waals surface area contributed by atoms with Crippen molar-refractivity contribution in [2.75, 3.05) is 6.54 Å². The molecule has 23 heavy (non-hydrogen) atoms. The number of benzene rings is 1. The molecule has 2 atom stereocenters. The third-order valence-corrected chi connectivity index (χ3v) is 6.01. The molecule has 0 spiro atoms. The molecule has 0 amide bonds. The lowest BCUT2D eigenvalue weighted by Gasteiger charge is -2.36. The topological polar surface area (TPSA) is 61.9 Å². The molecule has 4 rings (SSSR count). The summed E-state index contributed by atoms with van der Waals surface area (Å²) in [5, 5.41) is 16.5. The largest absolute Gasteiger partial charge is 0.495 e. The van der Waals surface area contributed by atoms with Crippen molar-refractivity contribution in [3.63, 3.8) is 0 Å². The predicted octanol–water partition coefficient (Wildman–Crippen LogP) is 3.95. The maximum absolute atomic E-state index is 9.58. The van der Waals surface area contributed by atoms with Gasteiger partial charge < -0.3 is 9.52 Å². The Morgan fingerprint density at radius 2 is 2.13 bits per heavy atom. The first kappa shape index (κ1) is 14.9. The van der Waals surface area contributed by atoms with Gasteiger partial charge in [-0.25, -0.2) is 4.98 Å². The number of nitrogens with zero attached hydrogens (tertiary/aromatic N) is 3. The molecule has 0 radical (unpaired) electrons. The predicted molar refractivity (Wildman–Crippen MR) is 92.7 cm³/mol. The highest BCUT2D eigenvalue weighted by atomic mass is 32.2. The van der Waals surface area contributed by atoms with Gasteiger partial charge in [0.15, 0.2) is 5.58 Å². The van der Waals surface area contributed by atoms with Crippen molar-refractivity contribution in [2.24, 2.45) is 5.10 Å². The van der Waals surface area contributed by atoms with E-state index in [-0.39, 0.29) is 5.90 Å². The van der Waals surface area contributed by atoms with E-state index in [9.17, 15) is 5.11 Å². The van der Waals surface area contributed by atoms with E-state index in [0.29, 0.717) is 17.7 Å². The van der Waals surface area contributed by atoms with Crippen LogP contribution < -0.4 is 0 Å². The van der Waals surface area contributed by atoms with Crippen LogP contribution in [0.1, 0.15) is 38.0 Å². The lowest BCUT2D eigenvalue weighted by atomic mass is 9.94. The first-order valence-electron chi connectivity index (χ1n) is 8.29. The highest BCUT2D eigenvalue weighted by Gasteiger charge is 2.32. The number of hydrogen-bond acceptors (Lipinski definition) is 5. The Bertz CT molecular complexity index is 682. The van der Waals surface area contributed by atoms with Crippen LogP contribution in [0.2, 0.25) is 0 Å². The summed E-state index contributed by atoms with van der Waals surface area (Å²) in [6.45, 7) is 0.844. The Morgan fingerprint density at radius 3 is 2.96 bits per heavy atom. The fourth-order valence-electron chi connectivity index (χ4n) is 3.48. The maximum atomic E-state index is 9.58. The van der Waals surface area contributed by atoms with Gasteiger partial charge in [-0.3, -0.25) is 5.01 Å². The van der Waals surface area contributed by atoms with Crippen LogP contribution in [0.25, 0.3) is 11.1 Å². The SMILES string of the molecule is OC1=NN(C2CCCCC2SCc2nc3ccccc3o2)CC1. The molecule has 1 aliphatic carbocycles. The molecule has 1 saturated carbocycles. The molecule has 0 bridgehead atoms. The smallest absolute Gasteiger partial charge is 0.205 e. The number of oxazole rings is 1. The molecule has 1 fully saturated rings. The monoisotopic (exact) mass is 331 g/mol. The number of aromatic nitrogens is 1. The molecule has 122 valence electrons. The van der Waals surface area contributed by atoms with Crippen LogP contribution in [0.4, 0.5) is 0 Å². The lowest BCUT2D eigenvalue weighted by Crippen LogP contribution is -2.40. The second-order valence-electron chi connectivity index (χ2n) is 6.21. The van der Waals surface area contributed by atoms with Gasteiger partial charge in [0.1, 0.15) is 5.52 Å². The summed E-state index contributed by atoms with van der Waals surface area (Å²) in [5.41, 5.74) is 1.79. The molecule has 1 N–H and O–H groups in total. The summed E-state index contributed by atoms with van der Waals surface area (Å²) in [7, 11) is 0. The quantitative estimate of drug-likeness (QED) is 0.919. The molecule has 0 saturated heterocycles. The van der Waals surface area contributed by atoms with Crippen molar-refractivity contribution >= 4 is 28.8 Å². The fraction of sp³-hybridized carbons (Fsp3) is 0.529. The molecule has 2 aliphatic rings. The van der Waals surface area contributed by atoms with Crippen LogP contribution >= 0.6 is 11.8 Å². The van der Waals surface area contributed by atoms with Gasteiger partial charge in [-0.05, 0) is 25.0 Å². The Kier molecular flexibility index (Phi) is 4.16. The van der Waals surface area contributed by atoms with Crippen LogP contribution in [0.15, 0.2) is 33.8 Å². The van der Waals surface area contributed by atoms with E-state index in [4.69, 9.17) is 4.42 Å². The van der Waals surface area contributed by atoms with Gasteiger partial charge >= 0.3 is 0 Å². The van der Waals surface area contributed by atoms with Crippen molar-refractivity contribution in [3.05, 3.63) is 30.2 Å². The second kappa shape index (κ2) is 6.43. The zero-order valence-corrected chi connectivity index (χ0v) is 13.8. The van der Waals surface area contributed by atoms with Gasteiger partial charge in [0.05, 0.1) is 11.8 Å². The molecule has 1 aliphatic heterocycles.